The second-order valence-electron chi connectivity index (χ2n) is 6.72. The Bertz CT molecular complexity index is 627. The number of esters is 1. The summed E-state index contributed by atoms with van der Waals surface area (Å²) in [5, 5.41) is 11.1. The lowest BCUT2D eigenvalue weighted by atomic mass is 9.67. The van der Waals surface area contributed by atoms with E-state index in [1.54, 1.807) is 0 Å². The number of benzene rings is 1. The molecule has 2 fully saturated rings. The Balaban J connectivity index is 1.91. The van der Waals surface area contributed by atoms with Crippen molar-refractivity contribution in [2.75, 3.05) is 7.11 Å². The van der Waals surface area contributed by atoms with Gasteiger partial charge < -0.3 is 14.6 Å². The summed E-state index contributed by atoms with van der Waals surface area (Å²) in [6.07, 6.45) is 2.67. The first-order valence-electron chi connectivity index (χ1n) is 7.57. The van der Waals surface area contributed by atoms with Crippen molar-refractivity contribution in [1.82, 2.24) is 0 Å². The Hall–Kier alpha value is -1.39. The number of rotatable bonds is 1. The SMILES string of the molecule is COC(=O)[C@@]12CCC[C@]1(O)O[C@]1(C)c3ccccc3C[C@@H]12. The third-order valence-corrected chi connectivity index (χ3v) is 5.95. The molecular formula is C17H20O4. The van der Waals surface area contributed by atoms with E-state index in [-0.39, 0.29) is 11.9 Å². The van der Waals surface area contributed by atoms with Crippen LogP contribution >= 0.6 is 0 Å². The highest BCUT2D eigenvalue weighted by Gasteiger charge is 2.76. The maximum absolute atomic E-state index is 12.6. The molecule has 4 rings (SSSR count). The van der Waals surface area contributed by atoms with E-state index < -0.39 is 16.8 Å². The predicted molar refractivity (Wildman–Crippen MR) is 75.3 cm³/mol. The summed E-state index contributed by atoms with van der Waals surface area (Å²) in [4.78, 5) is 12.6. The lowest BCUT2D eigenvalue weighted by Gasteiger charge is -2.35. The van der Waals surface area contributed by atoms with Crippen molar-refractivity contribution in [2.24, 2.45) is 11.3 Å². The van der Waals surface area contributed by atoms with Gasteiger partial charge in [0.05, 0.1) is 12.7 Å². The van der Waals surface area contributed by atoms with E-state index in [4.69, 9.17) is 9.47 Å². The van der Waals surface area contributed by atoms with Gasteiger partial charge in [0.25, 0.3) is 0 Å². The Morgan fingerprint density at radius 1 is 1.38 bits per heavy atom. The number of hydrogen-bond donors (Lipinski definition) is 1. The van der Waals surface area contributed by atoms with Gasteiger partial charge in [0, 0.05) is 12.3 Å². The number of hydrogen-bond acceptors (Lipinski definition) is 4. The fraction of sp³-hybridized carbons (Fsp3) is 0.588. The molecule has 0 spiro atoms. The van der Waals surface area contributed by atoms with Gasteiger partial charge in [0.2, 0.25) is 0 Å². The Morgan fingerprint density at radius 2 is 2.14 bits per heavy atom. The zero-order chi connectivity index (χ0) is 14.9. The third kappa shape index (κ3) is 1.31. The average Bonchev–Trinajstić information content (AvgIpc) is 3.00. The van der Waals surface area contributed by atoms with Gasteiger partial charge in [-0.2, -0.15) is 0 Å². The number of fused-ring (bicyclic) bond motifs is 5. The zero-order valence-electron chi connectivity index (χ0n) is 12.4. The van der Waals surface area contributed by atoms with E-state index in [1.807, 2.05) is 25.1 Å². The molecule has 0 amide bonds. The van der Waals surface area contributed by atoms with Gasteiger partial charge >= 0.3 is 5.97 Å². The first-order chi connectivity index (χ1) is 9.98. The second-order valence-corrected chi connectivity index (χ2v) is 6.72. The molecule has 1 aromatic carbocycles. The van der Waals surface area contributed by atoms with Crippen LogP contribution in [0.1, 0.15) is 37.3 Å². The minimum atomic E-state index is -1.40. The fourth-order valence-electron chi connectivity index (χ4n) is 5.11. The number of carbonyl (C=O) groups is 1. The molecular weight excluding hydrogens is 268 g/mol. The van der Waals surface area contributed by atoms with Crippen LogP contribution in [-0.4, -0.2) is 24.0 Å². The highest BCUT2D eigenvalue weighted by molar-refractivity contribution is 5.80. The van der Waals surface area contributed by atoms with Crippen LogP contribution in [0.5, 0.6) is 0 Å². The molecule has 112 valence electrons. The van der Waals surface area contributed by atoms with Crippen LogP contribution in [-0.2, 0) is 26.3 Å². The molecule has 0 unspecified atom stereocenters. The van der Waals surface area contributed by atoms with Gasteiger partial charge in [-0.05, 0) is 37.3 Å². The maximum atomic E-state index is 12.6. The van der Waals surface area contributed by atoms with Crippen molar-refractivity contribution in [2.45, 2.75) is 44.0 Å². The highest BCUT2D eigenvalue weighted by atomic mass is 16.7. The van der Waals surface area contributed by atoms with E-state index in [0.29, 0.717) is 12.8 Å². The molecule has 1 heterocycles. The molecule has 4 heteroatoms. The fourth-order valence-corrected chi connectivity index (χ4v) is 5.11. The van der Waals surface area contributed by atoms with E-state index in [1.165, 1.54) is 12.7 Å². The van der Waals surface area contributed by atoms with E-state index in [9.17, 15) is 9.90 Å². The zero-order valence-corrected chi connectivity index (χ0v) is 12.4. The quantitative estimate of drug-likeness (QED) is 0.804. The highest BCUT2D eigenvalue weighted by Crippen LogP contribution is 2.68. The Morgan fingerprint density at radius 3 is 2.90 bits per heavy atom. The van der Waals surface area contributed by atoms with Crippen molar-refractivity contribution < 1.29 is 19.4 Å². The van der Waals surface area contributed by atoms with Crippen molar-refractivity contribution in [1.29, 1.82) is 0 Å². The number of ether oxygens (including phenoxy) is 2. The van der Waals surface area contributed by atoms with E-state index in [0.717, 1.165) is 18.4 Å². The summed E-state index contributed by atoms with van der Waals surface area (Å²) in [7, 11) is 1.40. The normalized spacial score (nSPS) is 43.3. The largest absolute Gasteiger partial charge is 0.468 e. The molecule has 4 atom stereocenters. The molecule has 3 aliphatic rings. The topological polar surface area (TPSA) is 55.8 Å². The molecule has 1 aromatic rings. The van der Waals surface area contributed by atoms with Crippen molar-refractivity contribution in [3.63, 3.8) is 0 Å². The molecule has 0 radical (unpaired) electrons. The van der Waals surface area contributed by atoms with Crippen molar-refractivity contribution in [3.05, 3.63) is 35.4 Å². The van der Waals surface area contributed by atoms with Crippen LogP contribution in [0.25, 0.3) is 0 Å². The maximum Gasteiger partial charge on any atom is 0.317 e. The van der Waals surface area contributed by atoms with Gasteiger partial charge in [-0.25, -0.2) is 0 Å². The van der Waals surface area contributed by atoms with Crippen molar-refractivity contribution >= 4 is 5.97 Å². The second kappa shape index (κ2) is 3.87. The smallest absolute Gasteiger partial charge is 0.317 e. The number of aliphatic hydroxyl groups is 1. The lowest BCUT2D eigenvalue weighted by Crippen LogP contribution is -2.50. The predicted octanol–water partition coefficient (Wildman–Crippen LogP) is 2.14. The number of methoxy groups -OCH3 is 1. The van der Waals surface area contributed by atoms with Crippen LogP contribution in [0.2, 0.25) is 0 Å². The summed E-state index contributed by atoms with van der Waals surface area (Å²) in [5.74, 6) is -1.79. The monoisotopic (exact) mass is 288 g/mol. The molecule has 1 saturated heterocycles. The summed E-state index contributed by atoms with van der Waals surface area (Å²) in [6, 6.07) is 8.12. The van der Waals surface area contributed by atoms with Crippen LogP contribution < -0.4 is 0 Å². The lowest BCUT2D eigenvalue weighted by molar-refractivity contribution is -0.250. The van der Waals surface area contributed by atoms with Gasteiger partial charge in [0.15, 0.2) is 5.79 Å². The molecule has 4 nitrogen and oxygen atoms in total. The van der Waals surface area contributed by atoms with E-state index >= 15 is 0 Å². The Labute approximate surface area is 124 Å². The summed E-state index contributed by atoms with van der Waals surface area (Å²) < 4.78 is 11.3. The van der Waals surface area contributed by atoms with Crippen molar-refractivity contribution in [3.8, 4) is 0 Å². The van der Waals surface area contributed by atoms with Crippen LogP contribution in [0, 0.1) is 11.3 Å². The van der Waals surface area contributed by atoms with Crippen LogP contribution in [0.3, 0.4) is 0 Å². The van der Waals surface area contributed by atoms with E-state index in [2.05, 4.69) is 6.07 Å². The van der Waals surface area contributed by atoms with Gasteiger partial charge in [0.1, 0.15) is 5.41 Å². The van der Waals surface area contributed by atoms with Gasteiger partial charge in [-0.1, -0.05) is 24.3 Å². The minimum Gasteiger partial charge on any atom is -0.468 e. The van der Waals surface area contributed by atoms with Gasteiger partial charge in [-0.15, -0.1) is 0 Å². The molecule has 1 aliphatic heterocycles. The van der Waals surface area contributed by atoms with Crippen LogP contribution in [0.15, 0.2) is 24.3 Å². The Kier molecular flexibility index (Phi) is 2.45. The molecule has 0 aromatic heterocycles. The summed E-state index contributed by atoms with van der Waals surface area (Å²) in [6.45, 7) is 2.00. The molecule has 0 bridgehead atoms. The summed E-state index contributed by atoms with van der Waals surface area (Å²) >= 11 is 0. The molecule has 21 heavy (non-hydrogen) atoms. The van der Waals surface area contributed by atoms with Gasteiger partial charge in [-0.3, -0.25) is 4.79 Å². The third-order valence-electron chi connectivity index (χ3n) is 5.95. The first-order valence-corrected chi connectivity index (χ1v) is 7.57. The minimum absolute atomic E-state index is 0.0673. The standard InChI is InChI=1S/C17H20O4/c1-15-12-7-4-3-6-11(12)10-13(15)16(14(18)20-2)8-5-9-17(16,19)21-15/h3-4,6-7,13,19H,5,8-10H2,1-2H3/t13-,15+,16-,17-/m0/s1. The molecule has 2 aliphatic carbocycles. The molecule has 1 saturated carbocycles. The number of carbonyl (C=O) groups excluding carboxylic acids is 1. The first kappa shape index (κ1) is 13.3. The van der Waals surface area contributed by atoms with Crippen LogP contribution in [0.4, 0.5) is 0 Å². The summed E-state index contributed by atoms with van der Waals surface area (Å²) in [5.41, 5.74) is 0.762. The average molecular weight is 288 g/mol. The molecule has 1 N–H and O–H groups in total.